The van der Waals surface area contributed by atoms with Gasteiger partial charge in [0.1, 0.15) is 0 Å². The number of hydrogen-bond donors (Lipinski definition) is 0. The van der Waals surface area contributed by atoms with Crippen LogP contribution in [0.25, 0.3) is 0 Å². The predicted molar refractivity (Wildman–Crippen MR) is 94.2 cm³/mol. The summed E-state index contributed by atoms with van der Waals surface area (Å²) in [5, 5.41) is 0. The molecule has 4 fully saturated rings. The SMILES string of the molecule is CC1C[C@@]2(CCC3C4CC=C5CCCC[C@]5(C)C4CCC32C)O1. The first-order chi connectivity index (χ1) is 11.0. The summed E-state index contributed by atoms with van der Waals surface area (Å²) in [6.45, 7) is 7.51. The lowest BCUT2D eigenvalue weighted by atomic mass is 9.46. The van der Waals surface area contributed by atoms with E-state index in [1.807, 2.05) is 5.57 Å². The second kappa shape index (κ2) is 4.65. The molecule has 5 rings (SSSR count). The standard InChI is InChI=1S/C22H34O/c1-15-14-22(23-15)13-10-19-17-8-7-16-6-4-5-11-20(16,2)18(17)9-12-21(19,22)3/h7,15,17-19H,4-6,8-14H2,1-3H3/t15?,17?,18?,19?,20-,21?,22+/m0/s1. The second-order valence-electron chi connectivity index (χ2n) is 10.1. The molecular weight excluding hydrogens is 280 g/mol. The number of rotatable bonds is 0. The van der Waals surface area contributed by atoms with E-state index in [2.05, 4.69) is 26.8 Å². The Balaban J connectivity index is 1.49. The first-order valence-corrected chi connectivity index (χ1v) is 10.4. The summed E-state index contributed by atoms with van der Waals surface area (Å²) in [5.41, 5.74) is 3.12. The molecule has 1 nitrogen and oxygen atoms in total. The first kappa shape index (κ1) is 15.0. The summed E-state index contributed by atoms with van der Waals surface area (Å²) in [6.07, 6.45) is 17.3. The smallest absolute Gasteiger partial charge is 0.0766 e. The molecule has 0 N–H and O–H groups in total. The number of hydrogen-bond acceptors (Lipinski definition) is 1. The third-order valence-electron chi connectivity index (χ3n) is 9.35. The fourth-order valence-electron chi connectivity index (χ4n) is 8.16. The van der Waals surface area contributed by atoms with Gasteiger partial charge in [-0.05, 0) is 86.9 Å². The highest BCUT2D eigenvalue weighted by Gasteiger charge is 2.67. The van der Waals surface area contributed by atoms with Crippen molar-refractivity contribution in [2.24, 2.45) is 28.6 Å². The van der Waals surface area contributed by atoms with Crippen LogP contribution in [0.4, 0.5) is 0 Å². The molecule has 128 valence electrons. The maximum absolute atomic E-state index is 6.46. The Hall–Kier alpha value is -0.300. The van der Waals surface area contributed by atoms with Crippen LogP contribution in [0, 0.1) is 28.6 Å². The summed E-state index contributed by atoms with van der Waals surface area (Å²) >= 11 is 0. The molecule has 1 heterocycles. The van der Waals surface area contributed by atoms with Crippen LogP contribution in [0.1, 0.15) is 85.0 Å². The van der Waals surface area contributed by atoms with Gasteiger partial charge in [0.15, 0.2) is 0 Å². The molecule has 1 spiro atoms. The van der Waals surface area contributed by atoms with Gasteiger partial charge in [-0.15, -0.1) is 0 Å². The molecule has 1 heteroatoms. The van der Waals surface area contributed by atoms with Gasteiger partial charge < -0.3 is 4.74 Å². The number of fused-ring (bicyclic) bond motifs is 6. The van der Waals surface area contributed by atoms with Crippen molar-refractivity contribution >= 4 is 0 Å². The van der Waals surface area contributed by atoms with Crippen LogP contribution < -0.4 is 0 Å². The summed E-state index contributed by atoms with van der Waals surface area (Å²) in [6, 6.07) is 0. The van der Waals surface area contributed by atoms with Crippen molar-refractivity contribution in [2.75, 3.05) is 0 Å². The highest BCUT2D eigenvalue weighted by Crippen LogP contribution is 2.70. The van der Waals surface area contributed by atoms with E-state index in [-0.39, 0.29) is 5.60 Å². The minimum Gasteiger partial charge on any atom is -0.371 e. The van der Waals surface area contributed by atoms with E-state index in [4.69, 9.17) is 4.74 Å². The Bertz CT molecular complexity index is 542. The van der Waals surface area contributed by atoms with Crippen molar-refractivity contribution in [3.8, 4) is 0 Å². The maximum Gasteiger partial charge on any atom is 0.0766 e. The van der Waals surface area contributed by atoms with Crippen LogP contribution in [0.2, 0.25) is 0 Å². The third-order valence-corrected chi connectivity index (χ3v) is 9.35. The Morgan fingerprint density at radius 1 is 1.04 bits per heavy atom. The minimum atomic E-state index is 0.263. The molecule has 5 unspecified atom stereocenters. The van der Waals surface area contributed by atoms with Gasteiger partial charge in [-0.25, -0.2) is 0 Å². The minimum absolute atomic E-state index is 0.263. The predicted octanol–water partition coefficient (Wildman–Crippen LogP) is 5.89. The Labute approximate surface area is 142 Å². The molecule has 7 atom stereocenters. The molecule has 4 aliphatic carbocycles. The van der Waals surface area contributed by atoms with Gasteiger partial charge in [0.2, 0.25) is 0 Å². The summed E-state index contributed by atoms with van der Waals surface area (Å²) in [7, 11) is 0. The molecule has 1 saturated heterocycles. The average molecular weight is 315 g/mol. The second-order valence-corrected chi connectivity index (χ2v) is 10.1. The largest absolute Gasteiger partial charge is 0.371 e. The first-order valence-electron chi connectivity index (χ1n) is 10.4. The molecular formula is C22H34O. The molecule has 0 amide bonds. The van der Waals surface area contributed by atoms with Gasteiger partial charge in [-0.1, -0.05) is 31.9 Å². The van der Waals surface area contributed by atoms with E-state index in [9.17, 15) is 0 Å². The normalized spacial score (nSPS) is 58.0. The average Bonchev–Trinajstić information content (AvgIpc) is 2.80. The van der Waals surface area contributed by atoms with Crippen molar-refractivity contribution in [3.63, 3.8) is 0 Å². The number of allylic oxidation sites excluding steroid dienone is 2. The Morgan fingerprint density at radius 3 is 2.61 bits per heavy atom. The molecule has 0 aromatic heterocycles. The van der Waals surface area contributed by atoms with Crippen LogP contribution in [-0.4, -0.2) is 11.7 Å². The van der Waals surface area contributed by atoms with Crippen LogP contribution in [0.5, 0.6) is 0 Å². The lowest BCUT2D eigenvalue weighted by molar-refractivity contribution is -0.261. The van der Waals surface area contributed by atoms with E-state index in [0.29, 0.717) is 16.9 Å². The summed E-state index contributed by atoms with van der Waals surface area (Å²) in [4.78, 5) is 0. The van der Waals surface area contributed by atoms with Gasteiger partial charge in [0.25, 0.3) is 0 Å². The van der Waals surface area contributed by atoms with E-state index < -0.39 is 0 Å². The zero-order valence-corrected chi connectivity index (χ0v) is 15.4. The van der Waals surface area contributed by atoms with Crippen LogP contribution in [0.3, 0.4) is 0 Å². The Morgan fingerprint density at radius 2 is 1.83 bits per heavy atom. The molecule has 1 aliphatic heterocycles. The van der Waals surface area contributed by atoms with Crippen molar-refractivity contribution in [1.82, 2.24) is 0 Å². The van der Waals surface area contributed by atoms with Crippen molar-refractivity contribution in [3.05, 3.63) is 11.6 Å². The molecule has 0 bridgehead atoms. The highest BCUT2D eigenvalue weighted by molar-refractivity contribution is 5.26. The van der Waals surface area contributed by atoms with Crippen molar-refractivity contribution in [1.29, 1.82) is 0 Å². The molecule has 3 saturated carbocycles. The lowest BCUT2D eigenvalue weighted by Gasteiger charge is -2.62. The van der Waals surface area contributed by atoms with Gasteiger partial charge in [-0.2, -0.15) is 0 Å². The van der Waals surface area contributed by atoms with E-state index in [1.165, 1.54) is 64.2 Å². The van der Waals surface area contributed by atoms with Crippen LogP contribution in [-0.2, 0) is 4.74 Å². The molecule has 0 aromatic rings. The zero-order chi connectivity index (χ0) is 15.9. The maximum atomic E-state index is 6.46. The highest BCUT2D eigenvalue weighted by atomic mass is 16.5. The lowest BCUT2D eigenvalue weighted by Crippen LogP contribution is -2.61. The fourth-order valence-corrected chi connectivity index (χ4v) is 8.16. The van der Waals surface area contributed by atoms with Gasteiger partial charge in [-0.3, -0.25) is 0 Å². The quantitative estimate of drug-likeness (QED) is 0.507. The monoisotopic (exact) mass is 314 g/mol. The summed E-state index contributed by atoms with van der Waals surface area (Å²) < 4.78 is 6.46. The Kier molecular flexibility index (Phi) is 3.03. The topological polar surface area (TPSA) is 9.23 Å². The van der Waals surface area contributed by atoms with E-state index >= 15 is 0 Å². The molecule has 0 radical (unpaired) electrons. The number of ether oxygens (including phenoxy) is 1. The van der Waals surface area contributed by atoms with Gasteiger partial charge >= 0.3 is 0 Å². The van der Waals surface area contributed by atoms with Crippen molar-refractivity contribution < 1.29 is 4.74 Å². The van der Waals surface area contributed by atoms with Crippen LogP contribution in [0.15, 0.2) is 11.6 Å². The molecule has 0 aromatic carbocycles. The molecule has 5 aliphatic rings. The zero-order valence-electron chi connectivity index (χ0n) is 15.4. The van der Waals surface area contributed by atoms with Crippen LogP contribution >= 0.6 is 0 Å². The fraction of sp³-hybridized carbons (Fsp3) is 0.909. The van der Waals surface area contributed by atoms with Gasteiger partial charge in [0.05, 0.1) is 11.7 Å². The van der Waals surface area contributed by atoms with E-state index in [1.54, 1.807) is 0 Å². The summed E-state index contributed by atoms with van der Waals surface area (Å²) in [5.74, 6) is 2.83. The third kappa shape index (κ3) is 1.73. The van der Waals surface area contributed by atoms with Gasteiger partial charge in [0, 0.05) is 6.42 Å². The van der Waals surface area contributed by atoms with Crippen molar-refractivity contribution in [2.45, 2.75) is 96.7 Å². The van der Waals surface area contributed by atoms with E-state index in [0.717, 1.165) is 17.8 Å². The molecule has 23 heavy (non-hydrogen) atoms.